The van der Waals surface area contributed by atoms with Crippen LogP contribution >= 0.6 is 0 Å². The van der Waals surface area contributed by atoms with E-state index in [2.05, 4.69) is 53.4 Å². The minimum Gasteiger partial charge on any atom is -0.342 e. The molecule has 0 bridgehead atoms. The summed E-state index contributed by atoms with van der Waals surface area (Å²) in [5.74, 6) is 0.317. The lowest BCUT2D eigenvalue weighted by molar-refractivity contribution is -0.149. The van der Waals surface area contributed by atoms with Crippen LogP contribution < -0.4 is 0 Å². The first-order valence-electron chi connectivity index (χ1n) is 6.77. The number of nitrogens with zero attached hydrogens (tertiary/aromatic N) is 1. The van der Waals surface area contributed by atoms with Gasteiger partial charge >= 0.3 is 0 Å². The first-order chi connectivity index (χ1) is 7.47. The Labute approximate surface area is 107 Å². The van der Waals surface area contributed by atoms with Crippen LogP contribution in [0.2, 0.25) is 0 Å². The molecule has 0 aliphatic carbocycles. The predicted octanol–water partition coefficient (Wildman–Crippen LogP) is 3.71. The zero-order valence-electron chi connectivity index (χ0n) is 12.7. The van der Waals surface area contributed by atoms with Crippen LogP contribution in [0.25, 0.3) is 0 Å². The second-order valence-electron chi connectivity index (χ2n) is 7.87. The second kappa shape index (κ2) is 4.29. The zero-order chi connectivity index (χ0) is 13.5. The summed E-state index contributed by atoms with van der Waals surface area (Å²) in [6, 6.07) is 0. The first-order valence-corrected chi connectivity index (χ1v) is 6.77. The summed E-state index contributed by atoms with van der Waals surface area (Å²) < 4.78 is 0. The smallest absolute Gasteiger partial charge is 0.228 e. The van der Waals surface area contributed by atoms with Crippen LogP contribution in [0.5, 0.6) is 0 Å². The van der Waals surface area contributed by atoms with Crippen molar-refractivity contribution in [2.45, 2.75) is 61.3 Å². The lowest BCUT2D eigenvalue weighted by Crippen LogP contribution is -2.52. The second-order valence-corrected chi connectivity index (χ2v) is 7.87. The summed E-state index contributed by atoms with van der Waals surface area (Å²) in [4.78, 5) is 14.8. The highest BCUT2D eigenvalue weighted by Gasteiger charge is 2.43. The van der Waals surface area contributed by atoms with Crippen LogP contribution in [-0.2, 0) is 4.79 Å². The van der Waals surface area contributed by atoms with E-state index >= 15 is 0 Å². The molecule has 1 aliphatic heterocycles. The van der Waals surface area contributed by atoms with Crippen LogP contribution in [0.1, 0.15) is 61.3 Å². The summed E-state index contributed by atoms with van der Waals surface area (Å²) in [5, 5.41) is 0. The summed E-state index contributed by atoms with van der Waals surface area (Å²) in [5.41, 5.74) is -0.00598. The maximum Gasteiger partial charge on any atom is 0.228 e. The van der Waals surface area contributed by atoms with E-state index < -0.39 is 0 Å². The topological polar surface area (TPSA) is 20.3 Å². The SMILES string of the molecule is CC1(C)CCCN(C(=O)C(C)(C)C(C)(C)C)C1. The molecule has 2 heteroatoms. The molecule has 1 rings (SSSR count). The van der Waals surface area contributed by atoms with E-state index in [1.54, 1.807) is 0 Å². The van der Waals surface area contributed by atoms with Crippen molar-refractivity contribution in [1.82, 2.24) is 4.90 Å². The Kier molecular flexibility index (Phi) is 3.67. The highest BCUT2D eigenvalue weighted by atomic mass is 16.2. The fraction of sp³-hybridized carbons (Fsp3) is 0.933. The molecule has 0 atom stereocenters. The van der Waals surface area contributed by atoms with E-state index in [9.17, 15) is 4.79 Å². The summed E-state index contributed by atoms with van der Waals surface area (Å²) in [6.07, 6.45) is 2.37. The van der Waals surface area contributed by atoms with Crippen molar-refractivity contribution in [3.05, 3.63) is 0 Å². The Hall–Kier alpha value is -0.530. The predicted molar refractivity (Wildman–Crippen MR) is 72.8 cm³/mol. The van der Waals surface area contributed by atoms with Gasteiger partial charge < -0.3 is 4.90 Å². The number of carbonyl (C=O) groups excluding carboxylic acids is 1. The standard InChI is InChI=1S/C15H29NO/c1-13(2,3)15(6,7)12(17)16-10-8-9-14(4,5)11-16/h8-11H2,1-7H3. The van der Waals surface area contributed by atoms with Crippen LogP contribution in [0, 0.1) is 16.2 Å². The minimum absolute atomic E-state index is 0.00563. The molecule has 1 aliphatic rings. The van der Waals surface area contributed by atoms with Crippen LogP contribution in [0.3, 0.4) is 0 Å². The van der Waals surface area contributed by atoms with Crippen molar-refractivity contribution < 1.29 is 4.79 Å². The first kappa shape index (κ1) is 14.5. The van der Waals surface area contributed by atoms with E-state index in [1.165, 1.54) is 6.42 Å². The molecule has 0 saturated carbocycles. The number of rotatable bonds is 1. The number of amides is 1. The zero-order valence-corrected chi connectivity index (χ0v) is 12.7. The van der Waals surface area contributed by atoms with E-state index in [0.29, 0.717) is 5.91 Å². The van der Waals surface area contributed by atoms with Gasteiger partial charge in [-0.3, -0.25) is 4.79 Å². The lowest BCUT2D eigenvalue weighted by Gasteiger charge is -2.45. The van der Waals surface area contributed by atoms with E-state index in [1.807, 2.05) is 0 Å². The molecular formula is C15H29NO. The molecular weight excluding hydrogens is 210 g/mol. The molecule has 1 amide bonds. The average molecular weight is 239 g/mol. The molecule has 0 aromatic rings. The Morgan fingerprint density at radius 3 is 2.06 bits per heavy atom. The van der Waals surface area contributed by atoms with Crippen molar-refractivity contribution in [3.8, 4) is 0 Å². The summed E-state index contributed by atoms with van der Waals surface area (Å²) in [7, 11) is 0. The maximum absolute atomic E-state index is 12.7. The quantitative estimate of drug-likeness (QED) is 0.683. The lowest BCUT2D eigenvalue weighted by atomic mass is 9.68. The minimum atomic E-state index is -0.291. The number of hydrogen-bond donors (Lipinski definition) is 0. The van der Waals surface area contributed by atoms with Gasteiger partial charge in [0, 0.05) is 18.5 Å². The Balaban J connectivity index is 2.84. The van der Waals surface area contributed by atoms with E-state index in [4.69, 9.17) is 0 Å². The number of hydrogen-bond acceptors (Lipinski definition) is 1. The molecule has 100 valence electrons. The molecule has 1 fully saturated rings. The van der Waals surface area contributed by atoms with E-state index in [0.717, 1.165) is 19.5 Å². The van der Waals surface area contributed by atoms with Gasteiger partial charge in [-0.15, -0.1) is 0 Å². The van der Waals surface area contributed by atoms with Crippen molar-refractivity contribution in [2.75, 3.05) is 13.1 Å². The fourth-order valence-electron chi connectivity index (χ4n) is 2.31. The Bertz CT molecular complexity index is 297. The van der Waals surface area contributed by atoms with Crippen molar-refractivity contribution in [1.29, 1.82) is 0 Å². The molecule has 1 saturated heterocycles. The van der Waals surface area contributed by atoms with Gasteiger partial charge in [0.1, 0.15) is 0 Å². The molecule has 0 unspecified atom stereocenters. The number of carbonyl (C=O) groups is 1. The van der Waals surface area contributed by atoms with Gasteiger partial charge in [-0.1, -0.05) is 48.5 Å². The number of likely N-dealkylation sites (tertiary alicyclic amines) is 1. The van der Waals surface area contributed by atoms with Gasteiger partial charge in [0.05, 0.1) is 0 Å². The van der Waals surface area contributed by atoms with Crippen LogP contribution in [0.15, 0.2) is 0 Å². The van der Waals surface area contributed by atoms with Gasteiger partial charge in [-0.05, 0) is 23.7 Å². The molecule has 17 heavy (non-hydrogen) atoms. The highest BCUT2D eigenvalue weighted by molar-refractivity contribution is 5.83. The molecule has 0 aromatic heterocycles. The number of piperidine rings is 1. The van der Waals surface area contributed by atoms with Crippen LogP contribution in [0.4, 0.5) is 0 Å². The molecule has 1 heterocycles. The molecule has 2 nitrogen and oxygen atoms in total. The fourth-order valence-corrected chi connectivity index (χ4v) is 2.31. The van der Waals surface area contributed by atoms with Gasteiger partial charge in [0.2, 0.25) is 5.91 Å². The van der Waals surface area contributed by atoms with Crippen molar-refractivity contribution in [3.63, 3.8) is 0 Å². The Morgan fingerprint density at radius 1 is 1.12 bits per heavy atom. The van der Waals surface area contributed by atoms with Gasteiger partial charge in [-0.25, -0.2) is 0 Å². The van der Waals surface area contributed by atoms with Gasteiger partial charge in [0.25, 0.3) is 0 Å². The van der Waals surface area contributed by atoms with Gasteiger partial charge in [-0.2, -0.15) is 0 Å². The normalized spacial score (nSPS) is 21.5. The third-order valence-electron chi connectivity index (χ3n) is 4.60. The molecule has 0 aromatic carbocycles. The van der Waals surface area contributed by atoms with E-state index in [-0.39, 0.29) is 16.2 Å². The third-order valence-corrected chi connectivity index (χ3v) is 4.60. The van der Waals surface area contributed by atoms with Gasteiger partial charge in [0.15, 0.2) is 0 Å². The Morgan fingerprint density at radius 2 is 1.65 bits per heavy atom. The summed E-state index contributed by atoms with van der Waals surface area (Å²) in [6.45, 7) is 17.0. The maximum atomic E-state index is 12.7. The van der Waals surface area contributed by atoms with Crippen molar-refractivity contribution >= 4 is 5.91 Å². The average Bonchev–Trinajstić information content (AvgIpc) is 2.13. The largest absolute Gasteiger partial charge is 0.342 e. The third kappa shape index (κ3) is 3.02. The molecule has 0 spiro atoms. The molecule has 0 N–H and O–H groups in total. The monoisotopic (exact) mass is 239 g/mol. The van der Waals surface area contributed by atoms with Crippen LogP contribution in [-0.4, -0.2) is 23.9 Å². The highest BCUT2D eigenvalue weighted by Crippen LogP contribution is 2.41. The van der Waals surface area contributed by atoms with Crippen molar-refractivity contribution in [2.24, 2.45) is 16.2 Å². The molecule has 0 radical (unpaired) electrons. The summed E-state index contributed by atoms with van der Waals surface area (Å²) >= 11 is 0.